The highest BCUT2D eigenvalue weighted by atomic mass is 15.2. The molecule has 0 unspecified atom stereocenters. The van der Waals surface area contributed by atoms with Crippen LogP contribution in [-0.4, -0.2) is 58.1 Å². The third kappa shape index (κ3) is 4.13. The number of aromatic amines is 2. The van der Waals surface area contributed by atoms with E-state index in [2.05, 4.69) is 41.1 Å². The molecule has 0 saturated carbocycles. The van der Waals surface area contributed by atoms with Crippen LogP contribution in [0.2, 0.25) is 0 Å². The van der Waals surface area contributed by atoms with Crippen LogP contribution in [0, 0.1) is 0 Å². The van der Waals surface area contributed by atoms with E-state index in [0.717, 1.165) is 58.6 Å². The molecular weight excluding hydrogens is 462 g/mol. The monoisotopic (exact) mass is 487 g/mol. The van der Waals surface area contributed by atoms with E-state index >= 15 is 0 Å². The number of rotatable bonds is 5. The maximum Gasteiger partial charge on any atom is 0.178 e. The standard InChI is InChI=1S/C28H25N9/c1-2-12-37(13-3-1)17-18-14-20(16-30-15-18)22-4-5-23-25(32-22)26(36-35-23)28-33-24-21(8-11-31-27(24)34-28)19-6-9-29-10-7-19/h4-11,14-16H,1-3,12-13,17H2,(H,35,36)(H,31,33,34). The maximum atomic E-state index is 4.98. The highest BCUT2D eigenvalue weighted by Gasteiger charge is 2.18. The highest BCUT2D eigenvalue weighted by Crippen LogP contribution is 2.31. The fourth-order valence-corrected chi connectivity index (χ4v) is 5.11. The number of imidazole rings is 1. The molecule has 7 heterocycles. The zero-order valence-electron chi connectivity index (χ0n) is 20.2. The lowest BCUT2D eigenvalue weighted by atomic mass is 10.1. The Hall–Kier alpha value is -4.50. The molecule has 0 bridgehead atoms. The summed E-state index contributed by atoms with van der Waals surface area (Å²) in [4.78, 5) is 28.8. The molecule has 0 radical (unpaired) electrons. The van der Waals surface area contributed by atoms with Gasteiger partial charge in [-0.05, 0) is 73.5 Å². The summed E-state index contributed by atoms with van der Waals surface area (Å²) in [5.74, 6) is 0.622. The van der Waals surface area contributed by atoms with Gasteiger partial charge in [-0.15, -0.1) is 0 Å². The van der Waals surface area contributed by atoms with Gasteiger partial charge in [-0.2, -0.15) is 5.10 Å². The van der Waals surface area contributed by atoms with Crippen molar-refractivity contribution >= 4 is 22.2 Å². The Morgan fingerprint density at radius 3 is 2.62 bits per heavy atom. The van der Waals surface area contributed by atoms with Crippen molar-refractivity contribution in [3.05, 3.63) is 72.9 Å². The summed E-state index contributed by atoms with van der Waals surface area (Å²) in [6.45, 7) is 3.23. The van der Waals surface area contributed by atoms with Crippen molar-refractivity contribution in [2.75, 3.05) is 13.1 Å². The van der Waals surface area contributed by atoms with Crippen molar-refractivity contribution in [2.24, 2.45) is 0 Å². The number of aromatic nitrogens is 8. The van der Waals surface area contributed by atoms with Gasteiger partial charge >= 0.3 is 0 Å². The summed E-state index contributed by atoms with van der Waals surface area (Å²) in [6.07, 6.45) is 13.0. The minimum atomic E-state index is 0.622. The van der Waals surface area contributed by atoms with E-state index in [9.17, 15) is 0 Å². The maximum absolute atomic E-state index is 4.98. The van der Waals surface area contributed by atoms with E-state index in [4.69, 9.17) is 9.97 Å². The second-order valence-electron chi connectivity index (χ2n) is 9.46. The molecule has 0 aliphatic carbocycles. The van der Waals surface area contributed by atoms with Crippen LogP contribution in [0.3, 0.4) is 0 Å². The summed E-state index contributed by atoms with van der Waals surface area (Å²) < 4.78 is 0. The van der Waals surface area contributed by atoms with E-state index in [1.54, 1.807) is 18.6 Å². The number of fused-ring (bicyclic) bond motifs is 2. The van der Waals surface area contributed by atoms with Gasteiger partial charge in [0.1, 0.15) is 5.52 Å². The molecule has 0 atom stereocenters. The molecule has 9 heteroatoms. The molecule has 37 heavy (non-hydrogen) atoms. The van der Waals surface area contributed by atoms with Crippen LogP contribution in [0.4, 0.5) is 0 Å². The van der Waals surface area contributed by atoms with Gasteiger partial charge in [0.15, 0.2) is 17.2 Å². The van der Waals surface area contributed by atoms with Gasteiger partial charge < -0.3 is 4.98 Å². The number of H-pyrrole nitrogens is 2. The lowest BCUT2D eigenvalue weighted by Crippen LogP contribution is -2.29. The molecule has 2 N–H and O–H groups in total. The average Bonchev–Trinajstić information content (AvgIpc) is 3.58. The molecular formula is C28H25N9. The lowest BCUT2D eigenvalue weighted by Gasteiger charge is -2.26. The quantitative estimate of drug-likeness (QED) is 0.352. The normalized spacial score (nSPS) is 14.5. The van der Waals surface area contributed by atoms with E-state index < -0.39 is 0 Å². The minimum Gasteiger partial charge on any atom is -0.335 e. The number of piperidine rings is 1. The van der Waals surface area contributed by atoms with Crippen LogP contribution in [0.1, 0.15) is 24.8 Å². The fraction of sp³-hybridized carbons (Fsp3) is 0.214. The number of hydrogen-bond donors (Lipinski definition) is 2. The highest BCUT2D eigenvalue weighted by molar-refractivity contribution is 5.94. The van der Waals surface area contributed by atoms with Gasteiger partial charge in [0, 0.05) is 48.7 Å². The average molecular weight is 488 g/mol. The Bertz CT molecular complexity index is 1700. The predicted octanol–water partition coefficient (Wildman–Crippen LogP) is 5.01. The Labute approximate surface area is 213 Å². The smallest absolute Gasteiger partial charge is 0.178 e. The summed E-state index contributed by atoms with van der Waals surface area (Å²) in [6, 6.07) is 12.1. The molecule has 182 valence electrons. The van der Waals surface area contributed by atoms with Crippen LogP contribution < -0.4 is 0 Å². The molecule has 0 spiro atoms. The van der Waals surface area contributed by atoms with Gasteiger partial charge in [0.2, 0.25) is 0 Å². The van der Waals surface area contributed by atoms with Gasteiger partial charge in [0.05, 0.1) is 16.7 Å². The van der Waals surface area contributed by atoms with E-state index in [1.165, 1.54) is 24.8 Å². The van der Waals surface area contributed by atoms with Gasteiger partial charge in [-0.3, -0.25) is 20.0 Å². The molecule has 6 aromatic heterocycles. The number of likely N-dealkylation sites (tertiary alicyclic amines) is 1. The SMILES string of the molecule is c1cc(-c2ccnc3nc(-c4n[nH]c5ccc(-c6cncc(CN7CCCCC7)c6)nc45)[nH]c23)ccn1. The number of pyridine rings is 4. The molecule has 1 aliphatic heterocycles. The molecule has 1 aliphatic rings. The predicted molar refractivity (Wildman–Crippen MR) is 142 cm³/mol. The van der Waals surface area contributed by atoms with Crippen molar-refractivity contribution in [2.45, 2.75) is 25.8 Å². The summed E-state index contributed by atoms with van der Waals surface area (Å²) >= 11 is 0. The van der Waals surface area contributed by atoms with E-state index in [0.29, 0.717) is 17.2 Å². The third-order valence-electron chi connectivity index (χ3n) is 6.96. The first-order chi connectivity index (χ1) is 18.3. The zero-order chi connectivity index (χ0) is 24.6. The molecule has 9 nitrogen and oxygen atoms in total. The van der Waals surface area contributed by atoms with Crippen molar-refractivity contribution in [3.8, 4) is 33.9 Å². The summed E-state index contributed by atoms with van der Waals surface area (Å²) in [5, 5.41) is 7.65. The molecule has 0 amide bonds. The second kappa shape index (κ2) is 9.18. The van der Waals surface area contributed by atoms with Crippen LogP contribution in [0.25, 0.3) is 56.1 Å². The van der Waals surface area contributed by atoms with Crippen LogP contribution in [-0.2, 0) is 6.54 Å². The van der Waals surface area contributed by atoms with Crippen molar-refractivity contribution in [1.82, 2.24) is 45.0 Å². The van der Waals surface area contributed by atoms with Gasteiger partial charge in [0.25, 0.3) is 0 Å². The molecule has 1 saturated heterocycles. The van der Waals surface area contributed by atoms with Crippen LogP contribution in [0.5, 0.6) is 0 Å². The molecule has 1 fully saturated rings. The van der Waals surface area contributed by atoms with Crippen molar-refractivity contribution in [3.63, 3.8) is 0 Å². The number of nitrogens with one attached hydrogen (secondary N) is 2. The second-order valence-corrected chi connectivity index (χ2v) is 9.46. The van der Waals surface area contributed by atoms with Crippen molar-refractivity contribution in [1.29, 1.82) is 0 Å². The minimum absolute atomic E-state index is 0.622. The van der Waals surface area contributed by atoms with Crippen LogP contribution in [0.15, 0.2) is 67.4 Å². The first kappa shape index (κ1) is 21.8. The summed E-state index contributed by atoms with van der Waals surface area (Å²) in [7, 11) is 0. The molecule has 0 aromatic carbocycles. The largest absolute Gasteiger partial charge is 0.335 e. The molecule has 6 aromatic rings. The Kier molecular flexibility index (Phi) is 5.40. The fourth-order valence-electron chi connectivity index (χ4n) is 5.11. The zero-order valence-corrected chi connectivity index (χ0v) is 20.2. The van der Waals surface area contributed by atoms with Gasteiger partial charge in [-0.1, -0.05) is 6.42 Å². The van der Waals surface area contributed by atoms with E-state index in [1.807, 2.05) is 42.7 Å². The Morgan fingerprint density at radius 1 is 0.838 bits per heavy atom. The van der Waals surface area contributed by atoms with E-state index in [-0.39, 0.29) is 0 Å². The number of nitrogens with zero attached hydrogens (tertiary/aromatic N) is 7. The topological polar surface area (TPSA) is 112 Å². The Balaban J connectivity index is 1.26. The lowest BCUT2D eigenvalue weighted by molar-refractivity contribution is 0.220. The summed E-state index contributed by atoms with van der Waals surface area (Å²) in [5.41, 5.74) is 8.86. The first-order valence-corrected chi connectivity index (χ1v) is 12.6. The first-order valence-electron chi connectivity index (χ1n) is 12.6. The number of hydrogen-bond acceptors (Lipinski definition) is 7. The molecule has 7 rings (SSSR count). The third-order valence-corrected chi connectivity index (χ3v) is 6.96. The Morgan fingerprint density at radius 2 is 1.73 bits per heavy atom. The van der Waals surface area contributed by atoms with Crippen LogP contribution >= 0.6 is 0 Å². The van der Waals surface area contributed by atoms with Crippen molar-refractivity contribution < 1.29 is 0 Å². The van der Waals surface area contributed by atoms with Gasteiger partial charge in [-0.25, -0.2) is 15.0 Å².